The molecule has 0 bridgehead atoms. The van der Waals surface area contributed by atoms with Gasteiger partial charge < -0.3 is 16.0 Å². The smallest absolute Gasteiger partial charge is 0.243 e. The van der Waals surface area contributed by atoms with Gasteiger partial charge in [-0.3, -0.25) is 14.8 Å². The summed E-state index contributed by atoms with van der Waals surface area (Å²) in [6.45, 7) is 1.90. The summed E-state index contributed by atoms with van der Waals surface area (Å²) < 4.78 is 0. The van der Waals surface area contributed by atoms with Gasteiger partial charge in [0, 0.05) is 19.3 Å². The summed E-state index contributed by atoms with van der Waals surface area (Å²) in [5.74, 6) is 0.575. The van der Waals surface area contributed by atoms with Crippen LogP contribution in [-0.4, -0.2) is 36.5 Å². The standard InChI is InChI=1S/C11H15N5O/c17-10(16-9-3-1-4-12-7-9)8-15-11-13-5-2-6-14-11/h1,3-4,7H,2,5-6,8H2,(H,16,17)(H2,13,14,15). The Morgan fingerprint density at radius 1 is 1.53 bits per heavy atom. The highest BCUT2D eigenvalue weighted by molar-refractivity contribution is 5.94. The highest BCUT2D eigenvalue weighted by atomic mass is 16.1. The molecule has 90 valence electrons. The van der Waals surface area contributed by atoms with Crippen molar-refractivity contribution in [2.45, 2.75) is 6.42 Å². The Kier molecular flexibility index (Phi) is 3.90. The molecule has 0 fully saturated rings. The van der Waals surface area contributed by atoms with E-state index in [-0.39, 0.29) is 12.5 Å². The first kappa shape index (κ1) is 11.4. The van der Waals surface area contributed by atoms with Crippen LogP contribution in [0, 0.1) is 0 Å². The SMILES string of the molecule is O=C(CNC1=NCCCN1)Nc1cccnc1. The van der Waals surface area contributed by atoms with E-state index in [0.717, 1.165) is 19.5 Å². The Morgan fingerprint density at radius 2 is 2.47 bits per heavy atom. The molecule has 2 heterocycles. The van der Waals surface area contributed by atoms with Crippen LogP contribution in [0.3, 0.4) is 0 Å². The summed E-state index contributed by atoms with van der Waals surface area (Å²) in [6.07, 6.45) is 4.30. The van der Waals surface area contributed by atoms with Crippen LogP contribution in [0.5, 0.6) is 0 Å². The topological polar surface area (TPSA) is 78.4 Å². The molecule has 0 unspecified atom stereocenters. The maximum atomic E-state index is 11.6. The summed E-state index contributed by atoms with van der Waals surface area (Å²) in [7, 11) is 0. The van der Waals surface area contributed by atoms with Gasteiger partial charge in [0.1, 0.15) is 0 Å². The first-order chi connectivity index (χ1) is 8.34. The van der Waals surface area contributed by atoms with Gasteiger partial charge in [-0.05, 0) is 18.6 Å². The number of rotatable bonds is 3. The molecule has 0 aromatic carbocycles. The number of aromatic nitrogens is 1. The molecule has 1 aliphatic rings. The van der Waals surface area contributed by atoms with Crippen molar-refractivity contribution >= 4 is 17.6 Å². The van der Waals surface area contributed by atoms with E-state index in [1.165, 1.54) is 0 Å². The molecule has 1 amide bonds. The number of nitrogens with zero attached hydrogens (tertiary/aromatic N) is 2. The summed E-state index contributed by atoms with van der Waals surface area (Å²) in [4.78, 5) is 19.7. The Hall–Kier alpha value is -2.11. The molecule has 0 saturated heterocycles. The number of carbonyl (C=O) groups excluding carboxylic acids is 1. The summed E-state index contributed by atoms with van der Waals surface area (Å²) in [5.41, 5.74) is 0.692. The number of aliphatic imine (C=N–C) groups is 1. The maximum absolute atomic E-state index is 11.6. The molecule has 0 spiro atoms. The van der Waals surface area contributed by atoms with Gasteiger partial charge in [0.2, 0.25) is 5.91 Å². The lowest BCUT2D eigenvalue weighted by Crippen LogP contribution is -2.43. The summed E-state index contributed by atoms with van der Waals surface area (Å²) in [5, 5.41) is 8.77. The Bertz CT molecular complexity index is 404. The minimum atomic E-state index is -0.118. The fourth-order valence-corrected chi connectivity index (χ4v) is 1.46. The van der Waals surface area contributed by atoms with Gasteiger partial charge in [0.25, 0.3) is 0 Å². The first-order valence-corrected chi connectivity index (χ1v) is 5.57. The molecule has 3 N–H and O–H groups in total. The second-order valence-electron chi connectivity index (χ2n) is 3.65. The molecule has 0 atom stereocenters. The summed E-state index contributed by atoms with van der Waals surface area (Å²) >= 11 is 0. The third-order valence-corrected chi connectivity index (χ3v) is 2.26. The van der Waals surface area contributed by atoms with E-state index in [1.807, 2.05) is 0 Å². The predicted molar refractivity (Wildman–Crippen MR) is 65.8 cm³/mol. The first-order valence-electron chi connectivity index (χ1n) is 5.57. The molecular formula is C11H15N5O. The van der Waals surface area contributed by atoms with Crippen molar-refractivity contribution in [1.82, 2.24) is 15.6 Å². The number of hydrogen-bond acceptors (Lipinski definition) is 5. The number of guanidine groups is 1. The van der Waals surface area contributed by atoms with E-state index in [9.17, 15) is 4.79 Å². The van der Waals surface area contributed by atoms with Crippen molar-refractivity contribution in [1.29, 1.82) is 0 Å². The molecule has 1 aromatic heterocycles. The second kappa shape index (κ2) is 5.83. The fourth-order valence-electron chi connectivity index (χ4n) is 1.46. The molecule has 17 heavy (non-hydrogen) atoms. The van der Waals surface area contributed by atoms with E-state index in [0.29, 0.717) is 11.6 Å². The van der Waals surface area contributed by atoms with Gasteiger partial charge in [-0.1, -0.05) is 0 Å². The highest BCUT2D eigenvalue weighted by Gasteiger charge is 2.06. The third kappa shape index (κ3) is 3.75. The highest BCUT2D eigenvalue weighted by Crippen LogP contribution is 2.01. The minimum absolute atomic E-state index is 0.118. The molecule has 1 aromatic rings. The number of nitrogens with one attached hydrogen (secondary N) is 3. The molecule has 6 heteroatoms. The zero-order valence-electron chi connectivity index (χ0n) is 9.44. The van der Waals surface area contributed by atoms with E-state index < -0.39 is 0 Å². The molecule has 0 radical (unpaired) electrons. The zero-order chi connectivity index (χ0) is 11.9. The van der Waals surface area contributed by atoms with Crippen LogP contribution < -0.4 is 16.0 Å². The van der Waals surface area contributed by atoms with E-state index in [2.05, 4.69) is 25.9 Å². The van der Waals surface area contributed by atoms with Crippen LogP contribution in [0.25, 0.3) is 0 Å². The Balaban J connectivity index is 1.76. The van der Waals surface area contributed by atoms with Gasteiger partial charge >= 0.3 is 0 Å². The predicted octanol–water partition coefficient (Wildman–Crippen LogP) is -0.0410. The molecule has 0 aliphatic carbocycles. The van der Waals surface area contributed by atoms with Gasteiger partial charge in [0.05, 0.1) is 18.4 Å². The zero-order valence-corrected chi connectivity index (χ0v) is 9.44. The van der Waals surface area contributed by atoms with E-state index in [1.54, 1.807) is 24.5 Å². The van der Waals surface area contributed by atoms with Crippen molar-refractivity contribution in [3.63, 3.8) is 0 Å². The summed E-state index contributed by atoms with van der Waals surface area (Å²) in [6, 6.07) is 3.57. The molecular weight excluding hydrogens is 218 g/mol. The lowest BCUT2D eigenvalue weighted by Gasteiger charge is -2.15. The van der Waals surface area contributed by atoms with E-state index in [4.69, 9.17) is 0 Å². The number of anilines is 1. The Labute approximate surface area is 99.5 Å². The minimum Gasteiger partial charge on any atom is -0.356 e. The van der Waals surface area contributed by atoms with Crippen molar-refractivity contribution in [2.24, 2.45) is 4.99 Å². The molecule has 1 aliphatic heterocycles. The van der Waals surface area contributed by atoms with Crippen LogP contribution in [0.2, 0.25) is 0 Å². The van der Waals surface area contributed by atoms with Crippen molar-refractivity contribution in [2.75, 3.05) is 25.0 Å². The van der Waals surface area contributed by atoms with Gasteiger partial charge in [-0.15, -0.1) is 0 Å². The van der Waals surface area contributed by atoms with Crippen LogP contribution in [0.15, 0.2) is 29.5 Å². The normalized spacial score (nSPS) is 14.5. The Morgan fingerprint density at radius 3 is 3.18 bits per heavy atom. The molecule has 6 nitrogen and oxygen atoms in total. The van der Waals surface area contributed by atoms with Crippen molar-refractivity contribution in [3.05, 3.63) is 24.5 Å². The second-order valence-corrected chi connectivity index (χ2v) is 3.65. The lowest BCUT2D eigenvalue weighted by molar-refractivity contribution is -0.115. The maximum Gasteiger partial charge on any atom is 0.243 e. The van der Waals surface area contributed by atoms with Crippen LogP contribution in [-0.2, 0) is 4.79 Å². The number of hydrogen-bond donors (Lipinski definition) is 3. The van der Waals surface area contributed by atoms with Crippen molar-refractivity contribution < 1.29 is 4.79 Å². The van der Waals surface area contributed by atoms with Gasteiger partial charge in [-0.25, -0.2) is 0 Å². The number of pyridine rings is 1. The average molecular weight is 233 g/mol. The van der Waals surface area contributed by atoms with Crippen LogP contribution in [0.1, 0.15) is 6.42 Å². The number of carbonyl (C=O) groups is 1. The van der Waals surface area contributed by atoms with Crippen molar-refractivity contribution in [3.8, 4) is 0 Å². The van der Waals surface area contributed by atoms with Gasteiger partial charge in [0.15, 0.2) is 5.96 Å². The van der Waals surface area contributed by atoms with E-state index >= 15 is 0 Å². The third-order valence-electron chi connectivity index (χ3n) is 2.26. The average Bonchev–Trinajstić information content (AvgIpc) is 2.39. The fraction of sp³-hybridized carbons (Fsp3) is 0.364. The molecule has 0 saturated carbocycles. The molecule has 2 rings (SSSR count). The largest absolute Gasteiger partial charge is 0.356 e. The number of amides is 1. The van der Waals surface area contributed by atoms with Gasteiger partial charge in [-0.2, -0.15) is 0 Å². The monoisotopic (exact) mass is 233 g/mol. The quantitative estimate of drug-likeness (QED) is 0.684. The lowest BCUT2D eigenvalue weighted by atomic mass is 10.4. The van der Waals surface area contributed by atoms with Crippen LogP contribution in [0.4, 0.5) is 5.69 Å². The van der Waals surface area contributed by atoms with Crippen LogP contribution >= 0.6 is 0 Å².